The van der Waals surface area contributed by atoms with Gasteiger partial charge >= 0.3 is 11.7 Å². The molecule has 0 spiro atoms. The predicted molar refractivity (Wildman–Crippen MR) is 134 cm³/mol. The molecule has 0 radical (unpaired) electrons. The molecule has 1 aromatic heterocycles. The maximum atomic E-state index is 15.2. The average Bonchev–Trinajstić information content (AvgIpc) is 2.80. The zero-order valence-electron chi connectivity index (χ0n) is 20.3. The highest BCUT2D eigenvalue weighted by Crippen LogP contribution is 2.28. The quantitative estimate of drug-likeness (QED) is 0.435. The zero-order valence-corrected chi connectivity index (χ0v) is 21.1. The Morgan fingerprint density at radius 1 is 1.14 bits per heavy atom. The van der Waals surface area contributed by atoms with E-state index >= 15 is 4.39 Å². The van der Waals surface area contributed by atoms with Crippen LogP contribution in [0.2, 0.25) is 0 Å². The summed E-state index contributed by atoms with van der Waals surface area (Å²) < 4.78 is 42.8. The van der Waals surface area contributed by atoms with Gasteiger partial charge in [0.15, 0.2) is 17.0 Å². The van der Waals surface area contributed by atoms with E-state index in [4.69, 9.17) is 9.15 Å². The monoisotopic (exact) mass is 504 g/mol. The standard InChI is InChI=1S/C24H29FN4O5S/c1-26-35(32)27-20-8-6-7-15(22(20)25)13-19-17(11-12-28(2)3)18-10-9-16(33-24(31)29(4)5)14-21(18)34-23(19)30/h6-10,14,26-27H,11-13H2,1-5H3. The molecule has 0 fully saturated rings. The van der Waals surface area contributed by atoms with Crippen molar-refractivity contribution < 1.29 is 22.5 Å². The first-order valence-corrected chi connectivity index (χ1v) is 12.0. The summed E-state index contributed by atoms with van der Waals surface area (Å²) in [7, 11) is 8.45. The fourth-order valence-corrected chi connectivity index (χ4v) is 3.94. The molecule has 0 aliphatic carbocycles. The summed E-state index contributed by atoms with van der Waals surface area (Å²) in [5.41, 5.74) is 1.06. The van der Waals surface area contributed by atoms with E-state index in [9.17, 15) is 13.8 Å². The largest absolute Gasteiger partial charge is 0.422 e. The van der Waals surface area contributed by atoms with Crippen molar-refractivity contribution in [2.24, 2.45) is 0 Å². The first-order valence-electron chi connectivity index (χ1n) is 10.9. The summed E-state index contributed by atoms with van der Waals surface area (Å²) in [6.07, 6.45) is -0.0457. The van der Waals surface area contributed by atoms with E-state index in [1.807, 2.05) is 19.0 Å². The van der Waals surface area contributed by atoms with Crippen LogP contribution in [-0.2, 0) is 24.0 Å². The van der Waals surface area contributed by atoms with Crippen molar-refractivity contribution in [1.29, 1.82) is 0 Å². The van der Waals surface area contributed by atoms with Crippen LogP contribution in [0.5, 0.6) is 5.75 Å². The van der Waals surface area contributed by atoms with Gasteiger partial charge in [0.2, 0.25) is 0 Å². The fraction of sp³-hybridized carbons (Fsp3) is 0.333. The van der Waals surface area contributed by atoms with Crippen LogP contribution in [-0.4, -0.2) is 61.9 Å². The highest BCUT2D eigenvalue weighted by molar-refractivity contribution is 7.84. The van der Waals surface area contributed by atoms with Gasteiger partial charge in [0, 0.05) is 44.1 Å². The normalized spacial score (nSPS) is 12.1. The second-order valence-corrected chi connectivity index (χ2v) is 9.50. The van der Waals surface area contributed by atoms with Crippen molar-refractivity contribution in [3.63, 3.8) is 0 Å². The van der Waals surface area contributed by atoms with Crippen molar-refractivity contribution in [2.45, 2.75) is 12.8 Å². The number of hydrogen-bond acceptors (Lipinski definition) is 6. The minimum atomic E-state index is -1.65. The molecule has 2 N–H and O–H groups in total. The molecule has 1 amide bonds. The van der Waals surface area contributed by atoms with Crippen LogP contribution in [0.4, 0.5) is 14.9 Å². The number of anilines is 1. The van der Waals surface area contributed by atoms with Gasteiger partial charge in [-0.3, -0.25) is 4.72 Å². The average molecular weight is 505 g/mol. The SMILES string of the molecule is CNS(=O)Nc1cccc(Cc2c(CCN(C)C)c3ccc(OC(=O)N(C)C)cc3oc2=O)c1F. The van der Waals surface area contributed by atoms with Gasteiger partial charge in [-0.15, -0.1) is 0 Å². The number of benzene rings is 2. The molecule has 35 heavy (non-hydrogen) atoms. The molecule has 0 aliphatic heterocycles. The highest BCUT2D eigenvalue weighted by atomic mass is 32.2. The van der Waals surface area contributed by atoms with Gasteiger partial charge in [-0.05, 0) is 56.9 Å². The van der Waals surface area contributed by atoms with Crippen molar-refractivity contribution in [2.75, 3.05) is 46.5 Å². The lowest BCUT2D eigenvalue weighted by Gasteiger charge is -2.16. The van der Waals surface area contributed by atoms with Crippen LogP contribution in [0.25, 0.3) is 11.0 Å². The Balaban J connectivity index is 2.08. The smallest absolute Gasteiger partial charge is 0.414 e. The van der Waals surface area contributed by atoms with E-state index in [2.05, 4.69) is 9.44 Å². The van der Waals surface area contributed by atoms with Crippen LogP contribution >= 0.6 is 0 Å². The Morgan fingerprint density at radius 2 is 1.89 bits per heavy atom. The van der Waals surface area contributed by atoms with Crippen LogP contribution in [0.3, 0.4) is 0 Å². The number of nitrogens with zero attached hydrogens (tertiary/aromatic N) is 2. The van der Waals surface area contributed by atoms with Crippen LogP contribution < -0.4 is 19.8 Å². The topological polar surface area (TPSA) is 104 Å². The number of nitrogens with one attached hydrogen (secondary N) is 2. The van der Waals surface area contributed by atoms with Crippen LogP contribution in [0, 0.1) is 5.82 Å². The molecule has 3 rings (SSSR count). The van der Waals surface area contributed by atoms with Gasteiger partial charge < -0.3 is 19.0 Å². The molecule has 0 aliphatic rings. The van der Waals surface area contributed by atoms with Crippen molar-refractivity contribution in [3.8, 4) is 5.75 Å². The number of ether oxygens (including phenoxy) is 1. The molecule has 0 saturated carbocycles. The molecule has 0 bridgehead atoms. The van der Waals surface area contributed by atoms with E-state index in [1.165, 1.54) is 24.1 Å². The lowest BCUT2D eigenvalue weighted by Crippen LogP contribution is -2.25. The van der Waals surface area contributed by atoms with Gasteiger partial charge in [0.1, 0.15) is 11.3 Å². The molecule has 9 nitrogen and oxygen atoms in total. The zero-order chi connectivity index (χ0) is 25.7. The minimum Gasteiger partial charge on any atom is -0.422 e. The second-order valence-electron chi connectivity index (χ2n) is 8.35. The van der Waals surface area contributed by atoms with Crippen LogP contribution in [0.15, 0.2) is 45.6 Å². The Kier molecular flexibility index (Phi) is 8.60. The molecular weight excluding hydrogens is 475 g/mol. The molecular formula is C24H29FN4O5S. The molecule has 1 unspecified atom stereocenters. The Morgan fingerprint density at radius 3 is 2.54 bits per heavy atom. The van der Waals surface area contributed by atoms with Gasteiger partial charge in [0.25, 0.3) is 0 Å². The summed E-state index contributed by atoms with van der Waals surface area (Å²) in [6, 6.07) is 9.53. The van der Waals surface area contributed by atoms with Gasteiger partial charge in [-0.2, -0.15) is 0 Å². The highest BCUT2D eigenvalue weighted by Gasteiger charge is 2.19. The minimum absolute atomic E-state index is 0.00799. The first kappa shape index (κ1) is 26.3. The van der Waals surface area contributed by atoms with Crippen molar-refractivity contribution in [3.05, 3.63) is 69.3 Å². The molecule has 1 heterocycles. The summed E-state index contributed by atoms with van der Waals surface area (Å²) >= 11 is -1.65. The molecule has 1 atom stereocenters. The Hall–Kier alpha value is -3.28. The third-order valence-corrected chi connectivity index (χ3v) is 6.08. The molecule has 2 aromatic carbocycles. The third kappa shape index (κ3) is 6.44. The summed E-state index contributed by atoms with van der Waals surface area (Å²) in [6.45, 7) is 0.647. The number of amides is 1. The lowest BCUT2D eigenvalue weighted by atomic mass is 9.95. The Bertz CT molecular complexity index is 1310. The van der Waals surface area contributed by atoms with Crippen molar-refractivity contribution in [1.82, 2.24) is 14.5 Å². The predicted octanol–water partition coefficient (Wildman–Crippen LogP) is 2.90. The first-order chi connectivity index (χ1) is 16.6. The molecule has 188 valence electrons. The van der Waals surface area contributed by atoms with Crippen LogP contribution in [0.1, 0.15) is 16.7 Å². The van der Waals surface area contributed by atoms with E-state index in [1.54, 1.807) is 38.4 Å². The van der Waals surface area contributed by atoms with E-state index in [0.717, 1.165) is 5.56 Å². The molecule has 0 saturated heterocycles. The maximum absolute atomic E-state index is 15.2. The molecule has 3 aromatic rings. The van der Waals surface area contributed by atoms with E-state index in [0.29, 0.717) is 23.9 Å². The van der Waals surface area contributed by atoms with Crippen molar-refractivity contribution >= 4 is 33.9 Å². The lowest BCUT2D eigenvalue weighted by molar-refractivity contribution is 0.172. The number of rotatable bonds is 9. The molecule has 11 heteroatoms. The number of hydrogen-bond donors (Lipinski definition) is 2. The Labute approximate surface area is 205 Å². The number of carbonyl (C=O) groups is 1. The number of fused-ring (bicyclic) bond motifs is 1. The van der Waals surface area contributed by atoms with Gasteiger partial charge in [-0.1, -0.05) is 12.1 Å². The van der Waals surface area contributed by atoms with Gasteiger partial charge in [0.05, 0.1) is 5.69 Å². The number of likely N-dealkylation sites (N-methyl/N-ethyl adjacent to an activating group) is 1. The van der Waals surface area contributed by atoms with E-state index in [-0.39, 0.29) is 29.0 Å². The van der Waals surface area contributed by atoms with E-state index < -0.39 is 28.7 Å². The summed E-state index contributed by atoms with van der Waals surface area (Å²) in [4.78, 5) is 28.2. The maximum Gasteiger partial charge on any atom is 0.414 e. The van der Waals surface area contributed by atoms with Gasteiger partial charge in [-0.25, -0.2) is 22.9 Å². The second kappa shape index (κ2) is 11.4. The third-order valence-electron chi connectivity index (χ3n) is 5.30. The summed E-state index contributed by atoms with van der Waals surface area (Å²) in [5.74, 6) is -0.354. The number of halogens is 1. The fourth-order valence-electron chi connectivity index (χ4n) is 3.48. The number of carbonyl (C=O) groups excluding carboxylic acids is 1. The summed E-state index contributed by atoms with van der Waals surface area (Å²) in [5, 5.41) is 0.678.